The van der Waals surface area contributed by atoms with Gasteiger partial charge in [0.25, 0.3) is 0 Å². The van der Waals surface area contributed by atoms with Gasteiger partial charge < -0.3 is 18.6 Å². The Morgan fingerprint density at radius 3 is 1.76 bits per heavy atom. The van der Waals surface area contributed by atoms with Gasteiger partial charge in [0.2, 0.25) is 0 Å². The van der Waals surface area contributed by atoms with Gasteiger partial charge in [-0.05, 0) is 53.1 Å². The number of unbranched alkanes of at least 4 members (excludes halogenated alkanes) is 1. The lowest BCUT2D eigenvalue weighted by Crippen LogP contribution is -2.51. The molecule has 1 unspecified atom stereocenters. The Bertz CT molecular complexity index is 213. The molecule has 0 aliphatic rings. The van der Waals surface area contributed by atoms with Crippen LogP contribution < -0.4 is 5.32 Å². The van der Waals surface area contributed by atoms with E-state index in [-0.39, 0.29) is 0 Å². The van der Waals surface area contributed by atoms with E-state index in [2.05, 4.69) is 19.2 Å². The maximum absolute atomic E-state index is 6.07. The standard InChI is InChI=1S/C16H37NO3Si/c1-6-11-14-17-15-13-16(12-7-2)21(18-8-3,19-9-4)20-10-5/h16-17H,6-15H2,1-5H3. The Kier molecular flexibility index (Phi) is 13.7. The summed E-state index contributed by atoms with van der Waals surface area (Å²) in [5.74, 6) is 0. The number of nitrogens with one attached hydrogen (secondary N) is 1. The van der Waals surface area contributed by atoms with Gasteiger partial charge in [-0.1, -0.05) is 26.7 Å². The molecule has 0 amide bonds. The van der Waals surface area contributed by atoms with E-state index in [0.717, 1.165) is 32.4 Å². The first-order chi connectivity index (χ1) is 10.2. The Balaban J connectivity index is 4.68. The van der Waals surface area contributed by atoms with E-state index >= 15 is 0 Å². The molecule has 0 aromatic carbocycles. The maximum atomic E-state index is 6.07. The summed E-state index contributed by atoms with van der Waals surface area (Å²) < 4.78 is 18.2. The van der Waals surface area contributed by atoms with E-state index < -0.39 is 8.80 Å². The predicted octanol–water partition coefficient (Wildman–Crippen LogP) is 3.98. The van der Waals surface area contributed by atoms with Crippen LogP contribution in [0.25, 0.3) is 0 Å². The van der Waals surface area contributed by atoms with Crippen molar-refractivity contribution in [2.45, 2.75) is 72.3 Å². The smallest absolute Gasteiger partial charge is 0.374 e. The first-order valence-electron chi connectivity index (χ1n) is 8.83. The highest BCUT2D eigenvalue weighted by Crippen LogP contribution is 2.33. The van der Waals surface area contributed by atoms with E-state index in [1.807, 2.05) is 20.8 Å². The third kappa shape index (κ3) is 8.31. The van der Waals surface area contributed by atoms with Crippen LogP contribution in [0.3, 0.4) is 0 Å². The van der Waals surface area contributed by atoms with Crippen LogP contribution in [0, 0.1) is 0 Å². The van der Waals surface area contributed by atoms with Crippen LogP contribution in [-0.2, 0) is 13.3 Å². The maximum Gasteiger partial charge on any atom is 0.504 e. The summed E-state index contributed by atoms with van der Waals surface area (Å²) in [5.41, 5.74) is 0.400. The Labute approximate surface area is 133 Å². The van der Waals surface area contributed by atoms with Gasteiger partial charge in [0.1, 0.15) is 0 Å². The molecule has 0 aliphatic heterocycles. The number of hydrogen-bond donors (Lipinski definition) is 1. The highest BCUT2D eigenvalue weighted by atomic mass is 28.4. The van der Waals surface area contributed by atoms with Gasteiger partial charge in [-0.2, -0.15) is 0 Å². The van der Waals surface area contributed by atoms with Crippen molar-refractivity contribution in [3.05, 3.63) is 0 Å². The van der Waals surface area contributed by atoms with Crippen LogP contribution in [0.4, 0.5) is 0 Å². The molecule has 0 fully saturated rings. The number of rotatable bonds is 15. The lowest BCUT2D eigenvalue weighted by molar-refractivity contribution is 0.0585. The van der Waals surface area contributed by atoms with Crippen molar-refractivity contribution < 1.29 is 13.3 Å². The molecule has 0 rings (SSSR count). The quantitative estimate of drug-likeness (QED) is 0.366. The molecule has 0 aliphatic carbocycles. The fourth-order valence-electron chi connectivity index (χ4n) is 2.63. The average Bonchev–Trinajstić information content (AvgIpc) is 2.46. The highest BCUT2D eigenvalue weighted by Gasteiger charge is 2.48. The molecule has 1 N–H and O–H groups in total. The molecule has 5 heteroatoms. The first kappa shape index (κ1) is 21.1. The summed E-state index contributed by atoms with van der Waals surface area (Å²) in [6.45, 7) is 14.6. The van der Waals surface area contributed by atoms with Crippen molar-refractivity contribution in [2.24, 2.45) is 0 Å². The fraction of sp³-hybridized carbons (Fsp3) is 1.00. The van der Waals surface area contributed by atoms with Gasteiger partial charge in [0.15, 0.2) is 0 Å². The topological polar surface area (TPSA) is 39.7 Å². The summed E-state index contributed by atoms with van der Waals surface area (Å²) >= 11 is 0. The molecule has 0 saturated heterocycles. The van der Waals surface area contributed by atoms with Crippen LogP contribution in [0.1, 0.15) is 66.7 Å². The molecule has 0 bridgehead atoms. The largest absolute Gasteiger partial charge is 0.504 e. The Hall–Kier alpha value is 0.0569. The minimum atomic E-state index is -2.55. The monoisotopic (exact) mass is 319 g/mol. The summed E-state index contributed by atoms with van der Waals surface area (Å²) in [5, 5.41) is 3.53. The van der Waals surface area contributed by atoms with Crippen LogP contribution in [0.2, 0.25) is 5.54 Å². The van der Waals surface area contributed by atoms with Crippen molar-refractivity contribution in [3.63, 3.8) is 0 Å². The van der Waals surface area contributed by atoms with Gasteiger partial charge in [-0.15, -0.1) is 0 Å². The molecule has 21 heavy (non-hydrogen) atoms. The van der Waals surface area contributed by atoms with Gasteiger partial charge in [0, 0.05) is 25.4 Å². The number of hydrogen-bond acceptors (Lipinski definition) is 4. The zero-order valence-corrected chi connectivity index (χ0v) is 15.9. The third-order valence-corrected chi connectivity index (χ3v) is 7.20. The second kappa shape index (κ2) is 13.7. The summed E-state index contributed by atoms with van der Waals surface area (Å²) in [4.78, 5) is 0. The normalized spacial score (nSPS) is 13.6. The van der Waals surface area contributed by atoms with Crippen molar-refractivity contribution >= 4 is 8.80 Å². The van der Waals surface area contributed by atoms with E-state index in [4.69, 9.17) is 13.3 Å². The van der Waals surface area contributed by atoms with Gasteiger partial charge in [-0.25, -0.2) is 0 Å². The lowest BCUT2D eigenvalue weighted by atomic mass is 10.2. The minimum Gasteiger partial charge on any atom is -0.374 e. The molecule has 0 radical (unpaired) electrons. The molecule has 0 heterocycles. The predicted molar refractivity (Wildman–Crippen MR) is 91.7 cm³/mol. The van der Waals surface area contributed by atoms with Crippen LogP contribution in [-0.4, -0.2) is 41.7 Å². The van der Waals surface area contributed by atoms with Crippen LogP contribution in [0.5, 0.6) is 0 Å². The SMILES string of the molecule is CCCCNCCC(CCC)[Si](OCC)(OCC)OCC. The third-order valence-electron chi connectivity index (χ3n) is 3.55. The Morgan fingerprint density at radius 2 is 1.33 bits per heavy atom. The van der Waals surface area contributed by atoms with Crippen LogP contribution >= 0.6 is 0 Å². The lowest BCUT2D eigenvalue weighted by Gasteiger charge is -2.35. The second-order valence-corrected chi connectivity index (χ2v) is 8.17. The molecule has 0 aromatic rings. The molecule has 0 spiro atoms. The van der Waals surface area contributed by atoms with E-state index in [9.17, 15) is 0 Å². The van der Waals surface area contributed by atoms with E-state index in [0.29, 0.717) is 25.4 Å². The van der Waals surface area contributed by atoms with Gasteiger partial charge >= 0.3 is 8.80 Å². The Morgan fingerprint density at radius 1 is 0.762 bits per heavy atom. The van der Waals surface area contributed by atoms with Crippen molar-refractivity contribution in [2.75, 3.05) is 32.9 Å². The second-order valence-electron chi connectivity index (χ2n) is 5.28. The summed E-state index contributed by atoms with van der Waals surface area (Å²) in [6, 6.07) is 0. The van der Waals surface area contributed by atoms with Crippen molar-refractivity contribution in [1.82, 2.24) is 5.32 Å². The van der Waals surface area contributed by atoms with Crippen molar-refractivity contribution in [3.8, 4) is 0 Å². The minimum absolute atomic E-state index is 0.400. The average molecular weight is 320 g/mol. The van der Waals surface area contributed by atoms with Gasteiger partial charge in [-0.3, -0.25) is 0 Å². The highest BCUT2D eigenvalue weighted by molar-refractivity contribution is 6.62. The van der Waals surface area contributed by atoms with Crippen molar-refractivity contribution in [1.29, 1.82) is 0 Å². The zero-order valence-electron chi connectivity index (χ0n) is 14.9. The molecular formula is C16H37NO3Si. The van der Waals surface area contributed by atoms with E-state index in [1.54, 1.807) is 0 Å². The van der Waals surface area contributed by atoms with Crippen LogP contribution in [0.15, 0.2) is 0 Å². The fourth-order valence-corrected chi connectivity index (χ4v) is 5.94. The zero-order chi connectivity index (χ0) is 16.0. The summed E-state index contributed by atoms with van der Waals surface area (Å²) in [6.07, 6.45) is 5.80. The molecular weight excluding hydrogens is 282 g/mol. The molecule has 0 saturated carbocycles. The molecule has 0 aromatic heterocycles. The molecule has 1 atom stereocenters. The summed E-state index contributed by atoms with van der Waals surface area (Å²) in [7, 11) is -2.55. The first-order valence-corrected chi connectivity index (χ1v) is 10.6. The molecule has 4 nitrogen and oxygen atoms in total. The van der Waals surface area contributed by atoms with Gasteiger partial charge in [0.05, 0.1) is 0 Å². The van der Waals surface area contributed by atoms with E-state index in [1.165, 1.54) is 12.8 Å². The molecule has 128 valence electrons.